The van der Waals surface area contributed by atoms with Gasteiger partial charge in [0.25, 0.3) is 0 Å². The van der Waals surface area contributed by atoms with E-state index >= 15 is 0 Å². The van der Waals surface area contributed by atoms with Crippen LogP contribution < -0.4 is 10.6 Å². The molecule has 2 aliphatic rings. The lowest BCUT2D eigenvalue weighted by Gasteiger charge is -2.14. The highest BCUT2D eigenvalue weighted by atomic mass is 16.2. The number of nitrogens with one attached hydrogen (secondary N) is 2. The normalized spacial score (nSPS) is 20.7. The largest absolute Gasteiger partial charge is 0.347 e. The molecule has 0 aliphatic heterocycles. The van der Waals surface area contributed by atoms with Crippen molar-refractivity contribution in [1.82, 2.24) is 10.6 Å². The fraction of sp³-hybridized carbons (Fsp3) is 0.727. The Labute approximate surface area is 94.2 Å². The summed E-state index contributed by atoms with van der Waals surface area (Å²) in [6, 6.07) is 1.75. The highest BCUT2D eigenvalue weighted by Gasteiger charge is 2.53. The van der Waals surface area contributed by atoms with Gasteiger partial charge in [0, 0.05) is 6.54 Å². The molecule has 5 heteroatoms. The van der Waals surface area contributed by atoms with E-state index in [1.165, 1.54) is 12.8 Å². The van der Waals surface area contributed by atoms with Crippen LogP contribution in [-0.4, -0.2) is 24.9 Å². The molecular formula is C11H15N3O2. The second kappa shape index (κ2) is 4.12. The zero-order chi connectivity index (χ0) is 11.6. The van der Waals surface area contributed by atoms with Crippen LogP contribution in [0, 0.1) is 22.7 Å². The fourth-order valence-corrected chi connectivity index (χ4v) is 2.12. The highest BCUT2D eigenvalue weighted by molar-refractivity contribution is 6.35. The number of nitrogens with zero attached hydrogens (tertiary/aromatic N) is 1. The Balaban J connectivity index is 1.71. The number of carbonyl (C=O) groups is 2. The van der Waals surface area contributed by atoms with Crippen molar-refractivity contribution in [1.29, 1.82) is 5.26 Å². The summed E-state index contributed by atoms with van der Waals surface area (Å²) in [7, 11) is 0. The van der Waals surface area contributed by atoms with E-state index in [1.54, 1.807) is 6.07 Å². The van der Waals surface area contributed by atoms with Gasteiger partial charge in [0.1, 0.15) is 6.54 Å². The van der Waals surface area contributed by atoms with Gasteiger partial charge in [0.05, 0.1) is 6.07 Å². The first kappa shape index (κ1) is 10.9. The standard InChI is InChI=1S/C11H15N3O2/c12-5-6-13-9(15)10(16)14-7-11(3-4-11)8-1-2-8/h8H,1-4,6-7H2,(H,13,15)(H,14,16). The molecule has 2 aliphatic carbocycles. The van der Waals surface area contributed by atoms with Gasteiger partial charge in [-0.05, 0) is 37.0 Å². The first-order valence-electron chi connectivity index (χ1n) is 5.61. The van der Waals surface area contributed by atoms with Gasteiger partial charge in [-0.25, -0.2) is 0 Å². The third-order valence-electron chi connectivity index (χ3n) is 3.47. The Hall–Kier alpha value is -1.57. The number of hydrogen-bond acceptors (Lipinski definition) is 3. The smallest absolute Gasteiger partial charge is 0.310 e. The summed E-state index contributed by atoms with van der Waals surface area (Å²) in [6.45, 7) is 0.483. The molecule has 0 aromatic carbocycles. The van der Waals surface area contributed by atoms with Crippen LogP contribution in [0.4, 0.5) is 0 Å². The summed E-state index contributed by atoms with van der Waals surface area (Å²) in [5, 5.41) is 13.1. The summed E-state index contributed by atoms with van der Waals surface area (Å²) in [5.41, 5.74) is 0.297. The van der Waals surface area contributed by atoms with E-state index in [1.807, 2.05) is 0 Å². The fourth-order valence-electron chi connectivity index (χ4n) is 2.12. The van der Waals surface area contributed by atoms with Gasteiger partial charge in [0.15, 0.2) is 0 Å². The molecule has 2 amide bonds. The van der Waals surface area contributed by atoms with Crippen molar-refractivity contribution in [3.63, 3.8) is 0 Å². The number of carbonyl (C=O) groups excluding carboxylic acids is 2. The molecule has 0 saturated heterocycles. The maximum absolute atomic E-state index is 11.3. The van der Waals surface area contributed by atoms with E-state index in [0.29, 0.717) is 12.0 Å². The Kier molecular flexibility index (Phi) is 2.82. The summed E-state index contributed by atoms with van der Waals surface area (Å²) >= 11 is 0. The zero-order valence-electron chi connectivity index (χ0n) is 9.08. The van der Waals surface area contributed by atoms with E-state index < -0.39 is 11.8 Å². The van der Waals surface area contributed by atoms with Crippen molar-refractivity contribution < 1.29 is 9.59 Å². The minimum atomic E-state index is -0.715. The maximum Gasteiger partial charge on any atom is 0.310 e. The van der Waals surface area contributed by atoms with Gasteiger partial charge in [-0.2, -0.15) is 5.26 Å². The predicted octanol–water partition coefficient (Wildman–Crippen LogP) is -0.0674. The second-order valence-electron chi connectivity index (χ2n) is 4.66. The minimum Gasteiger partial charge on any atom is -0.347 e. The molecule has 0 spiro atoms. The Morgan fingerprint density at radius 1 is 1.25 bits per heavy atom. The van der Waals surface area contributed by atoms with Crippen molar-refractivity contribution in [2.24, 2.45) is 11.3 Å². The third kappa shape index (κ3) is 2.32. The molecule has 2 saturated carbocycles. The van der Waals surface area contributed by atoms with E-state index in [9.17, 15) is 9.59 Å². The quantitative estimate of drug-likeness (QED) is 0.515. The van der Waals surface area contributed by atoms with Gasteiger partial charge in [0.2, 0.25) is 0 Å². The molecule has 0 aromatic heterocycles. The molecule has 0 heterocycles. The van der Waals surface area contributed by atoms with Crippen LogP contribution in [0.2, 0.25) is 0 Å². The number of nitriles is 1. The molecule has 2 N–H and O–H groups in total. The van der Waals surface area contributed by atoms with Crippen molar-refractivity contribution in [2.75, 3.05) is 13.1 Å². The van der Waals surface area contributed by atoms with Crippen LogP contribution in [0.3, 0.4) is 0 Å². The van der Waals surface area contributed by atoms with Gasteiger partial charge in [-0.1, -0.05) is 0 Å². The van der Waals surface area contributed by atoms with Crippen LogP contribution in [0.1, 0.15) is 25.7 Å². The lowest BCUT2D eigenvalue weighted by Crippen LogP contribution is -2.42. The van der Waals surface area contributed by atoms with Crippen LogP contribution in [0.15, 0.2) is 0 Å². The second-order valence-corrected chi connectivity index (χ2v) is 4.66. The van der Waals surface area contributed by atoms with Crippen molar-refractivity contribution in [3.8, 4) is 6.07 Å². The topological polar surface area (TPSA) is 82.0 Å². The molecule has 0 unspecified atom stereocenters. The molecule has 0 atom stereocenters. The molecule has 0 bridgehead atoms. The third-order valence-corrected chi connectivity index (χ3v) is 3.47. The zero-order valence-corrected chi connectivity index (χ0v) is 9.08. The van der Waals surface area contributed by atoms with Gasteiger partial charge in [-0.3, -0.25) is 9.59 Å². The first-order chi connectivity index (χ1) is 7.68. The van der Waals surface area contributed by atoms with E-state index in [0.717, 1.165) is 18.8 Å². The average Bonchev–Trinajstić information content (AvgIpc) is 3.14. The number of hydrogen-bond donors (Lipinski definition) is 2. The lowest BCUT2D eigenvalue weighted by atomic mass is 10.0. The van der Waals surface area contributed by atoms with Crippen LogP contribution in [-0.2, 0) is 9.59 Å². The summed E-state index contributed by atoms with van der Waals surface area (Å²) in [6.07, 6.45) is 4.85. The molecule has 16 heavy (non-hydrogen) atoms. The van der Waals surface area contributed by atoms with Crippen molar-refractivity contribution in [3.05, 3.63) is 0 Å². The molecule has 5 nitrogen and oxygen atoms in total. The van der Waals surface area contributed by atoms with Gasteiger partial charge >= 0.3 is 11.8 Å². The van der Waals surface area contributed by atoms with Crippen LogP contribution in [0.25, 0.3) is 0 Å². The van der Waals surface area contributed by atoms with Crippen LogP contribution >= 0.6 is 0 Å². The van der Waals surface area contributed by atoms with E-state index in [2.05, 4.69) is 10.6 Å². The Morgan fingerprint density at radius 3 is 2.38 bits per heavy atom. The molecular weight excluding hydrogens is 206 g/mol. The van der Waals surface area contributed by atoms with Gasteiger partial charge < -0.3 is 10.6 Å². The Morgan fingerprint density at radius 2 is 1.88 bits per heavy atom. The summed E-state index contributed by atoms with van der Waals surface area (Å²) in [5.74, 6) is -0.578. The molecule has 86 valence electrons. The predicted molar refractivity (Wildman–Crippen MR) is 56.0 cm³/mol. The van der Waals surface area contributed by atoms with Gasteiger partial charge in [-0.15, -0.1) is 0 Å². The van der Waals surface area contributed by atoms with Crippen molar-refractivity contribution >= 4 is 11.8 Å². The average molecular weight is 221 g/mol. The summed E-state index contributed by atoms with van der Waals surface area (Å²) in [4.78, 5) is 22.5. The maximum atomic E-state index is 11.3. The summed E-state index contributed by atoms with van der Waals surface area (Å²) < 4.78 is 0. The molecule has 0 radical (unpaired) electrons. The number of amides is 2. The molecule has 2 rings (SSSR count). The first-order valence-corrected chi connectivity index (χ1v) is 5.61. The number of rotatable bonds is 4. The monoisotopic (exact) mass is 221 g/mol. The molecule has 2 fully saturated rings. The van der Waals surface area contributed by atoms with E-state index in [4.69, 9.17) is 5.26 Å². The van der Waals surface area contributed by atoms with Crippen molar-refractivity contribution in [2.45, 2.75) is 25.7 Å². The highest BCUT2D eigenvalue weighted by Crippen LogP contribution is 2.60. The SMILES string of the molecule is N#CCNC(=O)C(=O)NCC1(C2CC2)CC1. The minimum absolute atomic E-state index is 0.125. The molecule has 0 aromatic rings. The van der Waals surface area contributed by atoms with Crippen LogP contribution in [0.5, 0.6) is 0 Å². The lowest BCUT2D eigenvalue weighted by molar-refractivity contribution is -0.139. The van der Waals surface area contributed by atoms with E-state index in [-0.39, 0.29) is 6.54 Å². The Bertz CT molecular complexity index is 351.